The first kappa shape index (κ1) is 16.5. The Balaban J connectivity index is 2.88. The minimum Gasteiger partial charge on any atom is -0.320 e. The molecule has 0 aliphatic rings. The van der Waals surface area contributed by atoms with Gasteiger partial charge in [0.1, 0.15) is 5.82 Å². The lowest BCUT2D eigenvalue weighted by Gasteiger charge is -2.10. The summed E-state index contributed by atoms with van der Waals surface area (Å²) in [7, 11) is -3.43. The molecule has 1 aromatic carbocycles. The molecule has 0 saturated carbocycles. The zero-order valence-electron chi connectivity index (χ0n) is 11.6. The number of benzene rings is 1. The van der Waals surface area contributed by atoms with Gasteiger partial charge in [0.25, 0.3) is 0 Å². The Kier molecular flexibility index (Phi) is 5.99. The monoisotopic (exact) mass is 298 g/mol. The largest absolute Gasteiger partial charge is 0.320 e. The molecule has 0 radical (unpaired) electrons. The maximum Gasteiger partial charge on any atom is 0.232 e. The van der Waals surface area contributed by atoms with Gasteiger partial charge < -0.3 is 5.73 Å². The lowest BCUT2D eigenvalue weighted by Crippen LogP contribution is -2.18. The van der Waals surface area contributed by atoms with Crippen molar-refractivity contribution in [1.29, 1.82) is 0 Å². The summed E-state index contributed by atoms with van der Waals surface area (Å²) in [6.45, 7) is 4.02. The highest BCUT2D eigenvalue weighted by molar-refractivity contribution is 7.92. The summed E-state index contributed by atoms with van der Waals surface area (Å²) in [6.07, 6.45) is 0.566. The predicted octanol–water partition coefficient (Wildman–Crippen LogP) is 1.92. The van der Waals surface area contributed by atoms with Crippen LogP contribution in [-0.4, -0.2) is 20.7 Å². The summed E-state index contributed by atoms with van der Waals surface area (Å²) in [4.78, 5) is 0. The van der Waals surface area contributed by atoms with Crippen molar-refractivity contribution in [3.05, 3.63) is 29.6 Å². The van der Waals surface area contributed by atoms with Crippen LogP contribution in [0.2, 0.25) is 0 Å². The molecule has 0 aromatic heterocycles. The molecular formula is C14H19FN2O2S. The third kappa shape index (κ3) is 5.59. The molecule has 0 aliphatic carbocycles. The van der Waals surface area contributed by atoms with E-state index < -0.39 is 15.8 Å². The number of halogens is 1. The van der Waals surface area contributed by atoms with Crippen molar-refractivity contribution in [1.82, 2.24) is 0 Å². The van der Waals surface area contributed by atoms with Gasteiger partial charge in [-0.1, -0.05) is 25.7 Å². The molecule has 1 aromatic rings. The molecule has 0 unspecified atom stereocenters. The maximum absolute atomic E-state index is 13.5. The number of rotatable bonds is 5. The van der Waals surface area contributed by atoms with Crippen LogP contribution in [0.4, 0.5) is 10.1 Å². The summed E-state index contributed by atoms with van der Waals surface area (Å²) < 4.78 is 39.6. The van der Waals surface area contributed by atoms with Gasteiger partial charge in [-0.05, 0) is 30.5 Å². The van der Waals surface area contributed by atoms with E-state index in [1.54, 1.807) is 0 Å². The fourth-order valence-electron chi connectivity index (χ4n) is 1.45. The van der Waals surface area contributed by atoms with Gasteiger partial charge >= 0.3 is 0 Å². The Labute approximate surface area is 119 Å². The number of nitrogens with two attached hydrogens (primary N) is 1. The van der Waals surface area contributed by atoms with Gasteiger partial charge in [-0.15, -0.1) is 0 Å². The Morgan fingerprint density at radius 1 is 1.40 bits per heavy atom. The Bertz CT molecular complexity index is 616. The van der Waals surface area contributed by atoms with E-state index in [2.05, 4.69) is 16.6 Å². The fraction of sp³-hybridized carbons (Fsp3) is 0.429. The van der Waals surface area contributed by atoms with Gasteiger partial charge in [0.05, 0.1) is 17.9 Å². The summed E-state index contributed by atoms with van der Waals surface area (Å²) in [5, 5.41) is 0. The van der Waals surface area contributed by atoms with Crippen LogP contribution < -0.4 is 10.5 Å². The topological polar surface area (TPSA) is 72.2 Å². The molecule has 0 fully saturated rings. The van der Waals surface area contributed by atoms with Crippen LogP contribution in [0.3, 0.4) is 0 Å². The van der Waals surface area contributed by atoms with Crippen molar-refractivity contribution in [3.63, 3.8) is 0 Å². The van der Waals surface area contributed by atoms with Crippen molar-refractivity contribution in [2.75, 3.05) is 17.0 Å². The molecular weight excluding hydrogens is 279 g/mol. The van der Waals surface area contributed by atoms with E-state index in [0.717, 1.165) is 0 Å². The van der Waals surface area contributed by atoms with Crippen LogP contribution in [0, 0.1) is 23.6 Å². The van der Waals surface area contributed by atoms with Crippen LogP contribution in [0.1, 0.15) is 25.8 Å². The molecule has 0 amide bonds. The van der Waals surface area contributed by atoms with Crippen molar-refractivity contribution in [3.8, 4) is 11.8 Å². The Morgan fingerprint density at radius 2 is 2.10 bits per heavy atom. The van der Waals surface area contributed by atoms with Crippen LogP contribution >= 0.6 is 0 Å². The second-order valence-corrected chi connectivity index (χ2v) is 6.65. The molecule has 6 heteroatoms. The molecule has 0 bridgehead atoms. The van der Waals surface area contributed by atoms with E-state index in [9.17, 15) is 12.8 Å². The molecule has 3 N–H and O–H groups in total. The van der Waals surface area contributed by atoms with Crippen LogP contribution in [-0.2, 0) is 10.0 Å². The molecule has 0 saturated heterocycles. The zero-order chi connectivity index (χ0) is 15.2. The van der Waals surface area contributed by atoms with Crippen LogP contribution in [0.5, 0.6) is 0 Å². The van der Waals surface area contributed by atoms with Crippen molar-refractivity contribution in [2.24, 2.45) is 11.7 Å². The molecule has 0 heterocycles. The lowest BCUT2D eigenvalue weighted by molar-refractivity contribution is 0.578. The van der Waals surface area contributed by atoms with E-state index in [4.69, 9.17) is 5.73 Å². The normalized spacial score (nSPS) is 11.1. The minimum absolute atomic E-state index is 0.0336. The summed E-state index contributed by atoms with van der Waals surface area (Å²) >= 11 is 0. The van der Waals surface area contributed by atoms with E-state index in [0.29, 0.717) is 18.0 Å². The van der Waals surface area contributed by atoms with E-state index in [-0.39, 0.29) is 17.9 Å². The van der Waals surface area contributed by atoms with E-state index in [1.165, 1.54) is 18.2 Å². The molecule has 20 heavy (non-hydrogen) atoms. The van der Waals surface area contributed by atoms with Crippen LogP contribution in [0.25, 0.3) is 0 Å². The SMILES string of the molecule is CC(C)CCS(=O)(=O)Nc1ccc(F)c(C#CCN)c1. The van der Waals surface area contributed by atoms with E-state index in [1.807, 2.05) is 13.8 Å². The number of nitrogens with one attached hydrogen (secondary N) is 1. The first-order chi connectivity index (χ1) is 9.34. The Morgan fingerprint density at radius 3 is 2.70 bits per heavy atom. The first-order valence-corrected chi connectivity index (χ1v) is 7.98. The highest BCUT2D eigenvalue weighted by Crippen LogP contribution is 2.16. The highest BCUT2D eigenvalue weighted by Gasteiger charge is 2.12. The average molecular weight is 298 g/mol. The van der Waals surface area contributed by atoms with Crippen LogP contribution in [0.15, 0.2) is 18.2 Å². The van der Waals surface area contributed by atoms with Crippen molar-refractivity contribution in [2.45, 2.75) is 20.3 Å². The summed E-state index contributed by atoms with van der Waals surface area (Å²) in [6, 6.07) is 3.92. The maximum atomic E-state index is 13.5. The molecule has 0 aliphatic heterocycles. The number of hydrogen-bond donors (Lipinski definition) is 2. The van der Waals surface area contributed by atoms with Gasteiger partial charge in [-0.25, -0.2) is 12.8 Å². The van der Waals surface area contributed by atoms with Crippen molar-refractivity contribution >= 4 is 15.7 Å². The fourth-order valence-corrected chi connectivity index (χ4v) is 2.82. The van der Waals surface area contributed by atoms with Gasteiger partial charge in [0.2, 0.25) is 10.0 Å². The predicted molar refractivity (Wildman–Crippen MR) is 79.2 cm³/mol. The van der Waals surface area contributed by atoms with Gasteiger partial charge in [0.15, 0.2) is 0 Å². The van der Waals surface area contributed by atoms with Gasteiger partial charge in [0, 0.05) is 5.69 Å². The zero-order valence-corrected chi connectivity index (χ0v) is 12.4. The first-order valence-electron chi connectivity index (χ1n) is 6.33. The number of hydrogen-bond acceptors (Lipinski definition) is 3. The third-order valence-electron chi connectivity index (χ3n) is 2.53. The molecule has 1 rings (SSSR count). The van der Waals surface area contributed by atoms with E-state index >= 15 is 0 Å². The lowest BCUT2D eigenvalue weighted by atomic mass is 10.2. The molecule has 0 atom stereocenters. The summed E-state index contributed by atoms with van der Waals surface area (Å²) in [5.41, 5.74) is 5.65. The quantitative estimate of drug-likeness (QED) is 0.816. The molecule has 0 spiro atoms. The smallest absolute Gasteiger partial charge is 0.232 e. The second kappa shape index (κ2) is 7.27. The standard InChI is InChI=1S/C14H19FN2O2S/c1-11(2)7-9-20(18,19)17-13-5-6-14(15)12(10-13)4-3-8-16/h5-6,10-11,17H,7-9,16H2,1-2H3. The second-order valence-electron chi connectivity index (χ2n) is 4.80. The summed E-state index contributed by atoms with van der Waals surface area (Å²) in [5.74, 6) is 4.93. The molecule has 110 valence electrons. The average Bonchev–Trinajstić information content (AvgIpc) is 2.37. The Hall–Kier alpha value is -1.58. The highest BCUT2D eigenvalue weighted by atomic mass is 32.2. The number of anilines is 1. The van der Waals surface area contributed by atoms with Crippen molar-refractivity contribution < 1.29 is 12.8 Å². The van der Waals surface area contributed by atoms with Gasteiger partial charge in [-0.3, -0.25) is 4.72 Å². The third-order valence-corrected chi connectivity index (χ3v) is 3.85. The number of sulfonamides is 1. The minimum atomic E-state index is -3.43. The van der Waals surface area contributed by atoms with Gasteiger partial charge in [-0.2, -0.15) is 0 Å². The molecule has 4 nitrogen and oxygen atoms in total.